The Kier molecular flexibility index (Phi) is 5.54. The van der Waals surface area contributed by atoms with Crippen molar-refractivity contribution in [3.05, 3.63) is 63.7 Å². The summed E-state index contributed by atoms with van der Waals surface area (Å²) in [4.78, 5) is 12.7. The van der Waals surface area contributed by atoms with Crippen molar-refractivity contribution in [3.8, 4) is 5.75 Å². The van der Waals surface area contributed by atoms with Gasteiger partial charge in [-0.25, -0.2) is 0 Å². The van der Waals surface area contributed by atoms with Crippen LogP contribution in [0.1, 0.15) is 11.1 Å². The van der Waals surface area contributed by atoms with Crippen molar-refractivity contribution in [2.45, 2.75) is 13.1 Å². The molecule has 0 atom stereocenters. The molecule has 1 N–H and O–H groups in total. The lowest BCUT2D eigenvalue weighted by Gasteiger charge is -2.14. The van der Waals surface area contributed by atoms with Crippen molar-refractivity contribution >= 4 is 11.4 Å². The molecule has 2 rings (SSSR count). The summed E-state index contributed by atoms with van der Waals surface area (Å²) in [6, 6.07) is 12.9. The van der Waals surface area contributed by atoms with Crippen molar-refractivity contribution in [2.75, 3.05) is 26.1 Å². The van der Waals surface area contributed by atoms with Crippen LogP contribution in [0.5, 0.6) is 5.75 Å². The molecule has 0 aliphatic rings. The fourth-order valence-corrected chi connectivity index (χ4v) is 2.25. The van der Waals surface area contributed by atoms with Crippen molar-refractivity contribution in [2.24, 2.45) is 0 Å². The number of anilines is 1. The highest BCUT2D eigenvalue weighted by atomic mass is 16.6. The fraction of sp³-hybridized carbons (Fsp3) is 0.294. The van der Waals surface area contributed by atoms with Gasteiger partial charge in [0.05, 0.1) is 12.0 Å². The minimum absolute atomic E-state index is 0.137. The lowest BCUT2D eigenvalue weighted by molar-refractivity contribution is -0.385. The van der Waals surface area contributed by atoms with E-state index < -0.39 is 0 Å². The van der Waals surface area contributed by atoms with Crippen LogP contribution in [0, 0.1) is 10.1 Å². The van der Waals surface area contributed by atoms with Gasteiger partial charge in [-0.05, 0) is 29.8 Å². The number of ether oxygens (including phenoxy) is 1. The van der Waals surface area contributed by atoms with E-state index in [-0.39, 0.29) is 10.6 Å². The van der Waals surface area contributed by atoms with Crippen LogP contribution >= 0.6 is 0 Å². The van der Waals surface area contributed by atoms with E-state index in [1.807, 2.05) is 49.3 Å². The van der Waals surface area contributed by atoms with Gasteiger partial charge in [0.15, 0.2) is 0 Å². The number of nitrogens with zero attached hydrogens (tertiary/aromatic N) is 2. The largest absolute Gasteiger partial charge is 0.497 e. The van der Waals surface area contributed by atoms with Crippen molar-refractivity contribution in [1.29, 1.82) is 0 Å². The van der Waals surface area contributed by atoms with Crippen LogP contribution < -0.4 is 15.0 Å². The number of rotatable bonds is 7. The van der Waals surface area contributed by atoms with Gasteiger partial charge in [0.2, 0.25) is 0 Å². The lowest BCUT2D eigenvalue weighted by atomic mass is 10.1. The van der Waals surface area contributed by atoms with Crippen molar-refractivity contribution in [3.63, 3.8) is 0 Å². The lowest BCUT2D eigenvalue weighted by Crippen LogP contribution is -2.15. The SMILES string of the molecule is COc1ccc(CNCc2cc(N(C)C)ccc2[N+](=O)[O-])cc1. The zero-order chi connectivity index (χ0) is 16.8. The molecule has 0 aliphatic heterocycles. The van der Waals surface area contributed by atoms with Crippen LogP contribution in [0.25, 0.3) is 0 Å². The second-order valence-electron chi connectivity index (χ2n) is 5.42. The highest BCUT2D eigenvalue weighted by molar-refractivity contribution is 5.55. The van der Waals surface area contributed by atoms with Gasteiger partial charge in [0, 0.05) is 44.5 Å². The Morgan fingerprint density at radius 2 is 1.83 bits per heavy atom. The van der Waals surface area contributed by atoms with Gasteiger partial charge in [0.1, 0.15) is 5.75 Å². The first-order valence-corrected chi connectivity index (χ1v) is 7.29. The maximum atomic E-state index is 11.2. The fourth-order valence-electron chi connectivity index (χ4n) is 2.25. The van der Waals surface area contributed by atoms with Crippen LogP contribution in [0.2, 0.25) is 0 Å². The van der Waals surface area contributed by atoms with Gasteiger partial charge < -0.3 is 15.0 Å². The molecule has 23 heavy (non-hydrogen) atoms. The molecule has 0 bridgehead atoms. The average molecular weight is 315 g/mol. The monoisotopic (exact) mass is 315 g/mol. The molecule has 2 aromatic rings. The zero-order valence-corrected chi connectivity index (χ0v) is 13.6. The predicted molar refractivity (Wildman–Crippen MR) is 91.0 cm³/mol. The third kappa shape index (κ3) is 4.43. The van der Waals surface area contributed by atoms with E-state index >= 15 is 0 Å². The smallest absolute Gasteiger partial charge is 0.274 e. The van der Waals surface area contributed by atoms with E-state index in [0.29, 0.717) is 18.7 Å². The Balaban J connectivity index is 2.05. The number of nitro groups is 1. The van der Waals surface area contributed by atoms with Gasteiger partial charge in [-0.15, -0.1) is 0 Å². The van der Waals surface area contributed by atoms with E-state index in [2.05, 4.69) is 5.32 Å². The summed E-state index contributed by atoms with van der Waals surface area (Å²) in [7, 11) is 5.45. The molecular formula is C17H21N3O3. The molecule has 0 aromatic heterocycles. The second kappa shape index (κ2) is 7.60. The van der Waals surface area contributed by atoms with Gasteiger partial charge in [-0.3, -0.25) is 10.1 Å². The van der Waals surface area contributed by atoms with E-state index in [4.69, 9.17) is 4.74 Å². The second-order valence-corrected chi connectivity index (χ2v) is 5.42. The highest BCUT2D eigenvalue weighted by Crippen LogP contribution is 2.24. The number of hydrogen-bond donors (Lipinski definition) is 1. The molecule has 0 saturated heterocycles. The highest BCUT2D eigenvalue weighted by Gasteiger charge is 2.14. The molecule has 122 valence electrons. The van der Waals surface area contributed by atoms with Crippen LogP contribution in [0.15, 0.2) is 42.5 Å². The molecule has 0 heterocycles. The molecule has 0 saturated carbocycles. The van der Waals surface area contributed by atoms with Crippen LogP contribution in [0.4, 0.5) is 11.4 Å². The molecule has 2 aromatic carbocycles. The van der Waals surface area contributed by atoms with Crippen LogP contribution in [-0.2, 0) is 13.1 Å². The molecule has 0 amide bonds. The van der Waals surface area contributed by atoms with Gasteiger partial charge in [0.25, 0.3) is 5.69 Å². The number of methoxy groups -OCH3 is 1. The Hall–Kier alpha value is -2.60. The summed E-state index contributed by atoms with van der Waals surface area (Å²) in [6.45, 7) is 1.07. The van der Waals surface area contributed by atoms with E-state index in [1.54, 1.807) is 19.2 Å². The van der Waals surface area contributed by atoms with Gasteiger partial charge in [-0.2, -0.15) is 0 Å². The molecule has 6 nitrogen and oxygen atoms in total. The number of hydrogen-bond acceptors (Lipinski definition) is 5. The van der Waals surface area contributed by atoms with E-state index in [0.717, 1.165) is 17.0 Å². The maximum Gasteiger partial charge on any atom is 0.274 e. The minimum Gasteiger partial charge on any atom is -0.497 e. The Bertz CT molecular complexity index is 669. The molecule has 0 unspecified atom stereocenters. The number of nitro benzene ring substituents is 1. The molecule has 6 heteroatoms. The molecule has 0 radical (unpaired) electrons. The Morgan fingerprint density at radius 1 is 1.13 bits per heavy atom. The van der Waals surface area contributed by atoms with Gasteiger partial charge >= 0.3 is 0 Å². The molecule has 0 aliphatic carbocycles. The first-order chi connectivity index (χ1) is 11.0. The first-order valence-electron chi connectivity index (χ1n) is 7.29. The predicted octanol–water partition coefficient (Wildman–Crippen LogP) is 2.96. The summed E-state index contributed by atoms with van der Waals surface area (Å²) in [6.07, 6.45) is 0. The number of nitrogens with one attached hydrogen (secondary N) is 1. The van der Waals surface area contributed by atoms with Gasteiger partial charge in [-0.1, -0.05) is 12.1 Å². The van der Waals surface area contributed by atoms with E-state index in [9.17, 15) is 10.1 Å². The minimum atomic E-state index is -0.343. The standard InChI is InChI=1S/C17H21N3O3/c1-19(2)15-6-9-17(20(21)22)14(10-15)12-18-11-13-4-7-16(23-3)8-5-13/h4-10,18H,11-12H2,1-3H3. The summed E-state index contributed by atoms with van der Waals surface area (Å²) in [5.74, 6) is 0.808. The average Bonchev–Trinajstić information content (AvgIpc) is 2.55. The van der Waals surface area contributed by atoms with Crippen LogP contribution in [-0.4, -0.2) is 26.1 Å². The van der Waals surface area contributed by atoms with Crippen molar-refractivity contribution in [1.82, 2.24) is 5.32 Å². The zero-order valence-electron chi connectivity index (χ0n) is 13.6. The number of benzene rings is 2. The first kappa shape index (κ1) is 16.8. The summed E-state index contributed by atoms with van der Waals surface area (Å²) in [5.41, 5.74) is 2.85. The molecule has 0 fully saturated rings. The quantitative estimate of drug-likeness (QED) is 0.628. The third-order valence-corrected chi connectivity index (χ3v) is 3.58. The third-order valence-electron chi connectivity index (χ3n) is 3.58. The van der Waals surface area contributed by atoms with Crippen molar-refractivity contribution < 1.29 is 9.66 Å². The summed E-state index contributed by atoms with van der Waals surface area (Å²) < 4.78 is 5.12. The molecular weight excluding hydrogens is 294 g/mol. The Morgan fingerprint density at radius 3 is 2.39 bits per heavy atom. The summed E-state index contributed by atoms with van der Waals surface area (Å²) >= 11 is 0. The summed E-state index contributed by atoms with van der Waals surface area (Å²) in [5, 5.41) is 14.4. The molecule has 0 spiro atoms. The van der Waals surface area contributed by atoms with Crippen LogP contribution in [0.3, 0.4) is 0 Å². The Labute approximate surface area is 135 Å². The maximum absolute atomic E-state index is 11.2. The topological polar surface area (TPSA) is 67.6 Å². The van der Waals surface area contributed by atoms with E-state index in [1.165, 1.54) is 0 Å². The normalized spacial score (nSPS) is 10.4.